The van der Waals surface area contributed by atoms with Gasteiger partial charge in [0.2, 0.25) is 5.91 Å². The lowest BCUT2D eigenvalue weighted by atomic mass is 9.91. The predicted molar refractivity (Wildman–Crippen MR) is 95.9 cm³/mol. The highest BCUT2D eigenvalue weighted by Gasteiger charge is 2.49. The molecule has 1 unspecified atom stereocenters. The van der Waals surface area contributed by atoms with Gasteiger partial charge in [-0.3, -0.25) is 14.5 Å². The van der Waals surface area contributed by atoms with Crippen molar-refractivity contribution >= 4 is 17.8 Å². The summed E-state index contributed by atoms with van der Waals surface area (Å²) in [6.07, 6.45) is 1.68. The SMILES string of the molecule is CCCN(CCC)C(=O)CN1C(=O)NC(C)(c2ccc(C)cc2)C1=O. The Hall–Kier alpha value is -2.37. The average Bonchev–Trinajstić information content (AvgIpc) is 2.79. The van der Waals surface area contributed by atoms with Crippen LogP contribution in [0.5, 0.6) is 0 Å². The molecule has 1 aliphatic rings. The molecule has 4 amide bonds. The fourth-order valence-electron chi connectivity index (χ4n) is 3.06. The molecule has 1 aromatic rings. The lowest BCUT2D eigenvalue weighted by Gasteiger charge is -2.25. The fraction of sp³-hybridized carbons (Fsp3) is 0.526. The van der Waals surface area contributed by atoms with Crippen LogP contribution in [0.3, 0.4) is 0 Å². The number of benzene rings is 1. The monoisotopic (exact) mass is 345 g/mol. The minimum absolute atomic E-state index is 0.194. The molecule has 1 aliphatic heterocycles. The first-order valence-corrected chi connectivity index (χ1v) is 8.82. The third-order valence-electron chi connectivity index (χ3n) is 4.54. The molecule has 6 nitrogen and oxygen atoms in total. The van der Waals surface area contributed by atoms with Gasteiger partial charge >= 0.3 is 6.03 Å². The first-order valence-electron chi connectivity index (χ1n) is 8.82. The van der Waals surface area contributed by atoms with Crippen LogP contribution in [0.25, 0.3) is 0 Å². The van der Waals surface area contributed by atoms with Crippen molar-refractivity contribution in [1.29, 1.82) is 0 Å². The number of amides is 4. The zero-order chi connectivity index (χ0) is 18.6. The van der Waals surface area contributed by atoms with Gasteiger partial charge in [0.05, 0.1) is 0 Å². The van der Waals surface area contributed by atoms with Gasteiger partial charge < -0.3 is 10.2 Å². The third-order valence-corrected chi connectivity index (χ3v) is 4.54. The zero-order valence-corrected chi connectivity index (χ0v) is 15.5. The molecule has 136 valence electrons. The number of imide groups is 1. The van der Waals surface area contributed by atoms with Crippen molar-refractivity contribution in [2.75, 3.05) is 19.6 Å². The Morgan fingerprint density at radius 3 is 2.20 bits per heavy atom. The molecule has 1 atom stereocenters. The largest absolute Gasteiger partial charge is 0.341 e. The number of carbonyl (C=O) groups is 3. The topological polar surface area (TPSA) is 69.7 Å². The highest BCUT2D eigenvalue weighted by atomic mass is 16.2. The van der Waals surface area contributed by atoms with E-state index in [1.807, 2.05) is 45.0 Å². The molecule has 0 saturated carbocycles. The van der Waals surface area contributed by atoms with Crippen molar-refractivity contribution in [2.24, 2.45) is 0 Å². The molecule has 1 N–H and O–H groups in total. The minimum Gasteiger partial charge on any atom is -0.341 e. The summed E-state index contributed by atoms with van der Waals surface area (Å²) in [6.45, 7) is 8.68. The van der Waals surface area contributed by atoms with E-state index < -0.39 is 11.6 Å². The van der Waals surface area contributed by atoms with E-state index in [2.05, 4.69) is 5.32 Å². The van der Waals surface area contributed by atoms with Crippen LogP contribution in [-0.2, 0) is 15.1 Å². The van der Waals surface area contributed by atoms with Crippen LogP contribution in [0.2, 0.25) is 0 Å². The molecule has 6 heteroatoms. The number of nitrogens with one attached hydrogen (secondary N) is 1. The fourth-order valence-corrected chi connectivity index (χ4v) is 3.06. The van der Waals surface area contributed by atoms with Crippen molar-refractivity contribution < 1.29 is 14.4 Å². The van der Waals surface area contributed by atoms with E-state index in [1.165, 1.54) is 0 Å². The summed E-state index contributed by atoms with van der Waals surface area (Å²) in [6, 6.07) is 6.95. The summed E-state index contributed by atoms with van der Waals surface area (Å²) in [5.74, 6) is -0.581. The molecular formula is C19H27N3O3. The first-order chi connectivity index (χ1) is 11.8. The van der Waals surface area contributed by atoms with E-state index in [1.54, 1.807) is 11.8 Å². The summed E-state index contributed by atoms with van der Waals surface area (Å²) < 4.78 is 0. The van der Waals surface area contributed by atoms with Crippen LogP contribution in [-0.4, -0.2) is 47.3 Å². The molecule has 2 rings (SSSR count). The van der Waals surface area contributed by atoms with Crippen molar-refractivity contribution in [3.05, 3.63) is 35.4 Å². The van der Waals surface area contributed by atoms with E-state index in [-0.39, 0.29) is 18.4 Å². The number of hydrogen-bond acceptors (Lipinski definition) is 3. The first kappa shape index (κ1) is 19.0. The van der Waals surface area contributed by atoms with Crippen LogP contribution in [0.1, 0.15) is 44.7 Å². The Kier molecular flexibility index (Phi) is 5.82. The smallest absolute Gasteiger partial charge is 0.325 e. The van der Waals surface area contributed by atoms with Gasteiger partial charge in [0.1, 0.15) is 12.1 Å². The number of nitrogens with zero attached hydrogens (tertiary/aromatic N) is 2. The molecule has 0 aromatic heterocycles. The maximum Gasteiger partial charge on any atom is 0.325 e. The number of carbonyl (C=O) groups excluding carboxylic acids is 3. The molecule has 1 heterocycles. The van der Waals surface area contributed by atoms with E-state index in [0.29, 0.717) is 18.7 Å². The summed E-state index contributed by atoms with van der Waals surface area (Å²) in [7, 11) is 0. The number of hydrogen-bond donors (Lipinski definition) is 1. The molecule has 0 spiro atoms. The normalized spacial score (nSPS) is 19.9. The van der Waals surface area contributed by atoms with Crippen molar-refractivity contribution in [1.82, 2.24) is 15.1 Å². The highest BCUT2D eigenvalue weighted by molar-refractivity contribution is 6.09. The van der Waals surface area contributed by atoms with Crippen LogP contribution < -0.4 is 5.32 Å². The molecule has 1 fully saturated rings. The quantitative estimate of drug-likeness (QED) is 0.772. The van der Waals surface area contributed by atoms with Gasteiger partial charge in [0, 0.05) is 13.1 Å². The van der Waals surface area contributed by atoms with Gasteiger partial charge in [-0.15, -0.1) is 0 Å². The summed E-state index contributed by atoms with van der Waals surface area (Å²) >= 11 is 0. The second kappa shape index (κ2) is 7.68. The Balaban J connectivity index is 2.17. The second-order valence-electron chi connectivity index (χ2n) is 6.69. The van der Waals surface area contributed by atoms with Crippen molar-refractivity contribution in [3.63, 3.8) is 0 Å². The number of aryl methyl sites for hydroxylation is 1. The molecule has 25 heavy (non-hydrogen) atoms. The zero-order valence-electron chi connectivity index (χ0n) is 15.5. The van der Waals surface area contributed by atoms with Crippen molar-refractivity contribution in [3.8, 4) is 0 Å². The van der Waals surface area contributed by atoms with Crippen LogP contribution in [0.4, 0.5) is 4.79 Å². The highest BCUT2D eigenvalue weighted by Crippen LogP contribution is 2.29. The van der Waals surface area contributed by atoms with Gasteiger partial charge in [0.25, 0.3) is 5.91 Å². The molecule has 0 bridgehead atoms. The lowest BCUT2D eigenvalue weighted by molar-refractivity contribution is -0.139. The maximum atomic E-state index is 12.9. The number of rotatable bonds is 7. The van der Waals surface area contributed by atoms with E-state index in [9.17, 15) is 14.4 Å². The second-order valence-corrected chi connectivity index (χ2v) is 6.69. The Bertz CT molecular complexity index is 650. The molecule has 0 radical (unpaired) electrons. The van der Waals surface area contributed by atoms with Gasteiger partial charge in [-0.1, -0.05) is 43.7 Å². The Labute approximate surface area is 149 Å². The Morgan fingerprint density at radius 2 is 1.68 bits per heavy atom. The standard InChI is InChI=1S/C19H27N3O3/c1-5-11-21(12-6-2)16(23)13-22-17(24)19(4,20-18(22)25)15-9-7-14(3)8-10-15/h7-10H,5-6,11-13H2,1-4H3,(H,20,25). The van der Waals surface area contributed by atoms with Crippen LogP contribution >= 0.6 is 0 Å². The lowest BCUT2D eigenvalue weighted by Crippen LogP contribution is -2.45. The molecule has 1 saturated heterocycles. The van der Waals surface area contributed by atoms with Crippen molar-refractivity contribution in [2.45, 2.75) is 46.1 Å². The average molecular weight is 345 g/mol. The maximum absolute atomic E-state index is 12.9. The van der Waals surface area contributed by atoms with Gasteiger partial charge in [-0.25, -0.2) is 4.79 Å². The summed E-state index contributed by atoms with van der Waals surface area (Å²) in [5.41, 5.74) is 0.655. The van der Waals surface area contributed by atoms with E-state index >= 15 is 0 Å². The van der Waals surface area contributed by atoms with Crippen LogP contribution in [0, 0.1) is 6.92 Å². The van der Waals surface area contributed by atoms with Crippen LogP contribution in [0.15, 0.2) is 24.3 Å². The molecular weight excluding hydrogens is 318 g/mol. The van der Waals surface area contributed by atoms with Gasteiger partial charge in [-0.05, 0) is 32.3 Å². The van der Waals surface area contributed by atoms with Gasteiger partial charge in [-0.2, -0.15) is 0 Å². The summed E-state index contributed by atoms with van der Waals surface area (Å²) in [5, 5.41) is 2.74. The predicted octanol–water partition coefficient (Wildman–Crippen LogP) is 2.41. The third kappa shape index (κ3) is 3.83. The minimum atomic E-state index is -1.13. The number of urea groups is 1. The van der Waals surface area contributed by atoms with E-state index in [4.69, 9.17) is 0 Å². The van der Waals surface area contributed by atoms with E-state index in [0.717, 1.165) is 23.3 Å². The Morgan fingerprint density at radius 1 is 1.12 bits per heavy atom. The summed E-state index contributed by atoms with van der Waals surface area (Å²) in [4.78, 5) is 40.5. The van der Waals surface area contributed by atoms with Gasteiger partial charge in [0.15, 0.2) is 0 Å². The molecule has 0 aliphatic carbocycles. The molecule has 1 aromatic carbocycles.